The average molecular weight is 553 g/mol. The molecule has 0 saturated carbocycles. The summed E-state index contributed by atoms with van der Waals surface area (Å²) < 4.78 is 15.9. The maximum absolute atomic E-state index is 15.9. The molecule has 4 amide bonds. The number of piperidine rings is 2. The van der Waals surface area contributed by atoms with E-state index in [1.54, 1.807) is 4.90 Å². The normalized spacial score (nSPS) is 23.9. The highest BCUT2D eigenvalue weighted by atomic mass is 19.1. The second-order valence-electron chi connectivity index (χ2n) is 11.3. The quantitative estimate of drug-likeness (QED) is 0.491. The number of nitrogens with one attached hydrogen (secondary N) is 1. The summed E-state index contributed by atoms with van der Waals surface area (Å²) >= 11 is 0. The standard InChI is InChI=1S/C32H29FN4O4/c33-28-24(12-11-23-25(28)18-36(31(23)40)26-13-14-27(38)34-30(26)39)32(41)37-21-15-22(37)17-35(16-21)29(19-7-3-1-4-8-19)20-9-5-2-6-10-20/h1-12,21-22,26,29H,13-18H2,(H,34,38,39). The molecule has 2 bridgehead atoms. The van der Waals surface area contributed by atoms with Gasteiger partial charge in [0.15, 0.2) is 0 Å². The number of hydrogen-bond donors (Lipinski definition) is 1. The van der Waals surface area contributed by atoms with Crippen molar-refractivity contribution in [2.24, 2.45) is 0 Å². The Hall–Kier alpha value is -4.37. The van der Waals surface area contributed by atoms with Crippen molar-refractivity contribution in [3.63, 3.8) is 0 Å². The van der Waals surface area contributed by atoms with Crippen LogP contribution in [-0.2, 0) is 16.1 Å². The fraction of sp³-hybridized carbons (Fsp3) is 0.312. The van der Waals surface area contributed by atoms with Gasteiger partial charge in [-0.15, -0.1) is 0 Å². The molecule has 208 valence electrons. The first-order valence-electron chi connectivity index (χ1n) is 14.0. The predicted molar refractivity (Wildman–Crippen MR) is 147 cm³/mol. The van der Waals surface area contributed by atoms with Gasteiger partial charge in [0.25, 0.3) is 11.8 Å². The Kier molecular flexibility index (Phi) is 6.19. The van der Waals surface area contributed by atoms with Crippen LogP contribution in [0.15, 0.2) is 72.8 Å². The Morgan fingerprint density at radius 3 is 2.12 bits per heavy atom. The minimum atomic E-state index is -0.839. The molecule has 3 aromatic carbocycles. The number of fused-ring (bicyclic) bond motifs is 3. The Labute approximate surface area is 236 Å². The fourth-order valence-electron chi connectivity index (χ4n) is 6.98. The van der Waals surface area contributed by atoms with Crippen LogP contribution in [0.5, 0.6) is 0 Å². The summed E-state index contributed by atoms with van der Waals surface area (Å²) in [7, 11) is 0. The molecular weight excluding hydrogens is 523 g/mol. The number of benzene rings is 3. The van der Waals surface area contributed by atoms with Crippen molar-refractivity contribution in [2.75, 3.05) is 13.1 Å². The van der Waals surface area contributed by atoms with Crippen LogP contribution in [0.2, 0.25) is 0 Å². The zero-order valence-electron chi connectivity index (χ0n) is 22.3. The van der Waals surface area contributed by atoms with Gasteiger partial charge >= 0.3 is 0 Å². The highest BCUT2D eigenvalue weighted by molar-refractivity contribution is 6.06. The van der Waals surface area contributed by atoms with Crippen molar-refractivity contribution in [1.82, 2.24) is 20.0 Å². The minimum Gasteiger partial charge on any atom is -0.330 e. The molecule has 8 rings (SSSR count). The molecule has 5 aliphatic rings. The van der Waals surface area contributed by atoms with Crippen LogP contribution in [0.25, 0.3) is 0 Å². The topological polar surface area (TPSA) is 90.0 Å². The fourth-order valence-corrected chi connectivity index (χ4v) is 6.98. The second kappa shape index (κ2) is 9.92. The number of amides is 4. The third kappa shape index (κ3) is 4.23. The van der Waals surface area contributed by atoms with Crippen LogP contribution in [0.4, 0.5) is 4.39 Å². The molecule has 0 aromatic heterocycles. The number of carbonyl (C=O) groups excluding carboxylic acids is 4. The number of nitrogens with zero attached hydrogens (tertiary/aromatic N) is 3. The predicted octanol–water partition coefficient (Wildman–Crippen LogP) is 3.28. The molecule has 0 radical (unpaired) electrons. The van der Waals surface area contributed by atoms with Gasteiger partial charge in [-0.3, -0.25) is 29.4 Å². The highest BCUT2D eigenvalue weighted by Crippen LogP contribution is 2.40. The summed E-state index contributed by atoms with van der Waals surface area (Å²) in [6.45, 7) is 1.24. The Morgan fingerprint density at radius 1 is 0.878 bits per heavy atom. The Morgan fingerprint density at radius 2 is 1.51 bits per heavy atom. The maximum Gasteiger partial charge on any atom is 0.257 e. The van der Waals surface area contributed by atoms with Crippen molar-refractivity contribution in [3.8, 4) is 0 Å². The summed E-state index contributed by atoms with van der Waals surface area (Å²) in [6.07, 6.45) is 1.18. The molecule has 9 heteroatoms. The average Bonchev–Trinajstić information content (AvgIpc) is 3.31. The van der Waals surface area contributed by atoms with Gasteiger partial charge in [-0.25, -0.2) is 4.39 Å². The molecule has 0 spiro atoms. The SMILES string of the molecule is O=C1CCC(N2Cc3c(ccc(C(=O)N4C5CC4CN(C(c4ccccc4)c4ccccc4)C5)c3F)C2=O)C(=O)N1. The molecule has 41 heavy (non-hydrogen) atoms. The van der Waals surface area contributed by atoms with E-state index in [0.29, 0.717) is 13.1 Å². The third-order valence-electron chi connectivity index (χ3n) is 8.93. The Balaban J connectivity index is 1.10. The van der Waals surface area contributed by atoms with E-state index in [9.17, 15) is 19.2 Å². The highest BCUT2D eigenvalue weighted by Gasteiger charge is 2.50. The second-order valence-corrected chi connectivity index (χ2v) is 11.3. The summed E-state index contributed by atoms with van der Waals surface area (Å²) in [5.41, 5.74) is 2.62. The van der Waals surface area contributed by atoms with Crippen LogP contribution < -0.4 is 5.32 Å². The summed E-state index contributed by atoms with van der Waals surface area (Å²) in [4.78, 5) is 56.2. The van der Waals surface area contributed by atoms with Gasteiger partial charge in [-0.05, 0) is 36.1 Å². The van der Waals surface area contributed by atoms with Gasteiger partial charge in [-0.1, -0.05) is 60.7 Å². The van der Waals surface area contributed by atoms with Crippen LogP contribution >= 0.6 is 0 Å². The Bertz CT molecular complexity index is 1510. The molecule has 0 aliphatic carbocycles. The van der Waals surface area contributed by atoms with E-state index in [1.807, 2.05) is 36.4 Å². The van der Waals surface area contributed by atoms with Gasteiger partial charge in [0.1, 0.15) is 11.9 Å². The largest absolute Gasteiger partial charge is 0.330 e. The van der Waals surface area contributed by atoms with E-state index in [-0.39, 0.29) is 66.0 Å². The molecule has 5 heterocycles. The lowest BCUT2D eigenvalue weighted by Crippen LogP contribution is -2.70. The number of carbonyl (C=O) groups is 4. The first kappa shape index (κ1) is 25.6. The summed E-state index contributed by atoms with van der Waals surface area (Å²) in [5, 5.41) is 2.25. The van der Waals surface area contributed by atoms with Crippen LogP contribution in [0, 0.1) is 5.82 Å². The number of rotatable bonds is 5. The van der Waals surface area contributed by atoms with Crippen molar-refractivity contribution in [1.29, 1.82) is 0 Å². The van der Waals surface area contributed by atoms with Crippen LogP contribution in [0.1, 0.15) is 62.7 Å². The molecule has 8 nitrogen and oxygen atoms in total. The number of piperazine rings is 1. The van der Waals surface area contributed by atoms with Crippen molar-refractivity contribution in [2.45, 2.75) is 50.0 Å². The first-order chi connectivity index (χ1) is 19.9. The summed E-state index contributed by atoms with van der Waals surface area (Å²) in [6, 6.07) is 22.7. The molecule has 3 unspecified atom stereocenters. The van der Waals surface area contributed by atoms with Gasteiger partial charge in [-0.2, -0.15) is 0 Å². The van der Waals surface area contributed by atoms with E-state index >= 15 is 4.39 Å². The molecular formula is C32H29FN4O4. The third-order valence-corrected chi connectivity index (χ3v) is 8.93. The lowest BCUT2D eigenvalue weighted by atomic mass is 9.83. The molecule has 1 N–H and O–H groups in total. The number of hydrogen-bond acceptors (Lipinski definition) is 5. The maximum atomic E-state index is 15.9. The van der Waals surface area contributed by atoms with Gasteiger partial charge < -0.3 is 9.80 Å². The van der Waals surface area contributed by atoms with Crippen molar-refractivity contribution in [3.05, 3.63) is 106 Å². The van der Waals surface area contributed by atoms with E-state index in [4.69, 9.17) is 0 Å². The smallest absolute Gasteiger partial charge is 0.257 e. The van der Waals surface area contributed by atoms with Gasteiger partial charge in [0.05, 0.1) is 18.2 Å². The van der Waals surface area contributed by atoms with Crippen LogP contribution in [-0.4, -0.2) is 69.5 Å². The molecule has 3 atom stereocenters. The number of imide groups is 1. The molecule has 4 saturated heterocycles. The minimum absolute atomic E-state index is 0.0366. The molecule has 3 aromatic rings. The molecule has 5 aliphatic heterocycles. The monoisotopic (exact) mass is 552 g/mol. The van der Waals surface area contributed by atoms with Gasteiger partial charge in [0.2, 0.25) is 11.8 Å². The molecule has 4 fully saturated rings. The number of halogens is 1. The van der Waals surface area contributed by atoms with Crippen molar-refractivity contribution < 1.29 is 23.6 Å². The van der Waals surface area contributed by atoms with E-state index in [2.05, 4.69) is 34.5 Å². The van der Waals surface area contributed by atoms with E-state index in [1.165, 1.54) is 28.2 Å². The zero-order valence-corrected chi connectivity index (χ0v) is 22.3. The van der Waals surface area contributed by atoms with E-state index < -0.39 is 23.7 Å². The van der Waals surface area contributed by atoms with Crippen LogP contribution in [0.3, 0.4) is 0 Å². The first-order valence-corrected chi connectivity index (χ1v) is 14.0. The van der Waals surface area contributed by atoms with E-state index in [0.717, 1.165) is 6.42 Å². The lowest BCUT2D eigenvalue weighted by molar-refractivity contribution is -0.136. The summed E-state index contributed by atoms with van der Waals surface area (Å²) in [5.74, 6) is -2.47. The van der Waals surface area contributed by atoms with Gasteiger partial charge in [0, 0.05) is 42.7 Å². The van der Waals surface area contributed by atoms with Crippen molar-refractivity contribution >= 4 is 23.6 Å². The lowest BCUT2D eigenvalue weighted by Gasteiger charge is -2.57. The zero-order chi connectivity index (χ0) is 28.2.